The van der Waals surface area contributed by atoms with Crippen molar-refractivity contribution in [2.75, 3.05) is 11.4 Å². The van der Waals surface area contributed by atoms with Crippen molar-refractivity contribution >= 4 is 39.3 Å². The topological polar surface area (TPSA) is 20.3 Å². The predicted molar refractivity (Wildman–Crippen MR) is 68.0 cm³/mol. The van der Waals surface area contributed by atoms with E-state index in [1.807, 2.05) is 0 Å². The molecule has 2 nitrogen and oxygen atoms in total. The lowest BCUT2D eigenvalue weighted by atomic mass is 10.3. The highest BCUT2D eigenvalue weighted by atomic mass is 79.9. The summed E-state index contributed by atoms with van der Waals surface area (Å²) < 4.78 is 36.4. The Morgan fingerprint density at radius 1 is 1.28 bits per heavy atom. The summed E-state index contributed by atoms with van der Waals surface area (Å²) in [7, 11) is 0. The third-order valence-electron chi connectivity index (χ3n) is 2.46. The summed E-state index contributed by atoms with van der Waals surface area (Å²) in [5.74, 6) is -0.0203. The molecule has 0 bridgehead atoms. The molecular weight excluding hydrogens is 331 g/mol. The van der Waals surface area contributed by atoms with Crippen molar-refractivity contribution in [2.24, 2.45) is 0 Å². The second-order valence-electron chi connectivity index (χ2n) is 3.85. The van der Waals surface area contributed by atoms with Gasteiger partial charge in [0.2, 0.25) is 5.91 Å². The molecule has 1 saturated heterocycles. The van der Waals surface area contributed by atoms with Crippen LogP contribution in [0.4, 0.5) is 18.9 Å². The van der Waals surface area contributed by atoms with Gasteiger partial charge in [0.05, 0.1) is 0 Å². The molecule has 0 saturated carbocycles. The molecule has 0 aliphatic carbocycles. The molecule has 7 heteroatoms. The zero-order chi connectivity index (χ0) is 13.3. The predicted octanol–water partition coefficient (Wildman–Crippen LogP) is 3.80. The van der Waals surface area contributed by atoms with E-state index in [2.05, 4.69) is 15.9 Å². The first-order chi connectivity index (χ1) is 8.35. The Morgan fingerprint density at radius 3 is 2.33 bits per heavy atom. The zero-order valence-electron chi connectivity index (χ0n) is 9.08. The van der Waals surface area contributed by atoms with Crippen LogP contribution in [-0.4, -0.2) is 22.8 Å². The van der Waals surface area contributed by atoms with Gasteiger partial charge in [0.1, 0.15) is 0 Å². The fourth-order valence-corrected chi connectivity index (χ4v) is 2.85. The van der Waals surface area contributed by atoms with Gasteiger partial charge >= 0.3 is 5.51 Å². The maximum Gasteiger partial charge on any atom is 0.446 e. The van der Waals surface area contributed by atoms with Gasteiger partial charge < -0.3 is 4.90 Å². The van der Waals surface area contributed by atoms with E-state index in [4.69, 9.17) is 0 Å². The Bertz CT molecular complexity index is 449. The molecule has 0 radical (unpaired) electrons. The molecule has 1 aromatic rings. The second kappa shape index (κ2) is 5.13. The Morgan fingerprint density at radius 2 is 1.89 bits per heavy atom. The molecule has 0 N–H and O–H groups in total. The minimum absolute atomic E-state index is 0.0203. The van der Waals surface area contributed by atoms with Gasteiger partial charge in [0, 0.05) is 28.4 Å². The van der Waals surface area contributed by atoms with E-state index >= 15 is 0 Å². The van der Waals surface area contributed by atoms with Gasteiger partial charge in [-0.15, -0.1) is 0 Å². The van der Waals surface area contributed by atoms with Crippen LogP contribution in [0.2, 0.25) is 0 Å². The number of thioether (sulfide) groups is 1. The van der Waals surface area contributed by atoms with Crippen molar-refractivity contribution in [1.82, 2.24) is 0 Å². The Balaban J connectivity index is 2.11. The number of alkyl halides is 4. The van der Waals surface area contributed by atoms with Gasteiger partial charge in [0.15, 0.2) is 0 Å². The van der Waals surface area contributed by atoms with Gasteiger partial charge in [0.25, 0.3) is 0 Å². The van der Waals surface area contributed by atoms with Gasteiger partial charge in [-0.3, -0.25) is 4.79 Å². The highest BCUT2D eigenvalue weighted by Gasteiger charge is 2.30. The number of hydrogen-bond donors (Lipinski definition) is 0. The summed E-state index contributed by atoms with van der Waals surface area (Å²) in [5.41, 5.74) is -3.65. The molecule has 0 aromatic heterocycles. The molecule has 1 heterocycles. The molecule has 18 heavy (non-hydrogen) atoms. The van der Waals surface area contributed by atoms with Crippen molar-refractivity contribution < 1.29 is 18.0 Å². The molecular formula is C11H9BrF3NOS. The van der Waals surface area contributed by atoms with Crippen molar-refractivity contribution in [1.29, 1.82) is 0 Å². The maximum atomic E-state index is 12.1. The van der Waals surface area contributed by atoms with Gasteiger partial charge in [-0.1, -0.05) is 15.9 Å². The Hall–Kier alpha value is -0.690. The largest absolute Gasteiger partial charge is 0.446 e. The van der Waals surface area contributed by atoms with Crippen LogP contribution in [0.5, 0.6) is 0 Å². The van der Waals surface area contributed by atoms with Crippen molar-refractivity contribution in [3.05, 3.63) is 24.3 Å². The van der Waals surface area contributed by atoms with Crippen LogP contribution in [0.25, 0.3) is 0 Å². The maximum absolute atomic E-state index is 12.1. The quantitative estimate of drug-likeness (QED) is 0.603. The minimum atomic E-state index is -4.29. The third kappa shape index (κ3) is 3.41. The van der Waals surface area contributed by atoms with Crippen LogP contribution >= 0.6 is 27.7 Å². The molecule has 1 fully saturated rings. The number of carbonyl (C=O) groups is 1. The van der Waals surface area contributed by atoms with Crippen LogP contribution in [-0.2, 0) is 4.79 Å². The molecule has 2 rings (SSSR count). The number of hydrogen-bond acceptors (Lipinski definition) is 2. The first-order valence-corrected chi connectivity index (χ1v) is 6.88. The molecule has 1 aliphatic heterocycles. The monoisotopic (exact) mass is 339 g/mol. The fraction of sp³-hybridized carbons (Fsp3) is 0.364. The number of benzene rings is 1. The fourth-order valence-electron chi connectivity index (χ4n) is 1.74. The molecule has 1 unspecified atom stereocenters. The number of nitrogens with zero attached hydrogens (tertiary/aromatic N) is 1. The highest BCUT2D eigenvalue weighted by molar-refractivity contribution is 9.09. The van der Waals surface area contributed by atoms with E-state index < -0.39 is 5.51 Å². The number of anilines is 1. The summed E-state index contributed by atoms with van der Waals surface area (Å²) in [6, 6.07) is 5.83. The van der Waals surface area contributed by atoms with Crippen LogP contribution in [0.3, 0.4) is 0 Å². The van der Waals surface area contributed by atoms with Crippen LogP contribution in [0.1, 0.15) is 6.42 Å². The first kappa shape index (κ1) is 13.7. The Kier molecular flexibility index (Phi) is 3.91. The van der Waals surface area contributed by atoms with Crippen LogP contribution in [0, 0.1) is 0 Å². The normalized spacial score (nSPS) is 20.6. The van der Waals surface area contributed by atoms with Gasteiger partial charge in [-0.25, -0.2) is 0 Å². The summed E-state index contributed by atoms with van der Waals surface area (Å²) in [6.45, 7) is 0.546. The molecule has 1 aliphatic rings. The summed E-state index contributed by atoms with van der Waals surface area (Å²) in [5, 5.41) is 0. The summed E-state index contributed by atoms with van der Waals surface area (Å²) >= 11 is 3.20. The SMILES string of the molecule is O=C1CC(Br)CN1c1ccc(SC(F)(F)F)cc1. The molecule has 1 aromatic carbocycles. The smallest absolute Gasteiger partial charge is 0.311 e. The Labute approximate surface area is 115 Å². The number of halogens is 4. The lowest BCUT2D eigenvalue weighted by molar-refractivity contribution is -0.117. The second-order valence-corrected chi connectivity index (χ2v) is 6.28. The van der Waals surface area contributed by atoms with E-state index in [1.54, 1.807) is 4.90 Å². The van der Waals surface area contributed by atoms with E-state index in [-0.39, 0.29) is 27.4 Å². The van der Waals surface area contributed by atoms with Crippen molar-refractivity contribution in [2.45, 2.75) is 21.7 Å². The lowest BCUT2D eigenvalue weighted by Crippen LogP contribution is -2.24. The summed E-state index contributed by atoms with van der Waals surface area (Å²) in [6.07, 6.45) is 0.416. The lowest BCUT2D eigenvalue weighted by Gasteiger charge is -2.16. The first-order valence-electron chi connectivity index (χ1n) is 5.15. The molecule has 0 spiro atoms. The molecule has 1 atom stereocenters. The van der Waals surface area contributed by atoms with E-state index in [0.29, 0.717) is 18.7 Å². The van der Waals surface area contributed by atoms with E-state index in [1.165, 1.54) is 24.3 Å². The standard InChI is InChI=1S/C11H9BrF3NOS/c12-7-5-10(17)16(6-7)8-1-3-9(4-2-8)18-11(13,14)15/h1-4,7H,5-6H2. The number of rotatable bonds is 2. The molecule has 1 amide bonds. The number of amides is 1. The average molecular weight is 340 g/mol. The van der Waals surface area contributed by atoms with E-state index in [0.717, 1.165) is 0 Å². The van der Waals surface area contributed by atoms with Crippen molar-refractivity contribution in [3.8, 4) is 0 Å². The van der Waals surface area contributed by atoms with Gasteiger partial charge in [-0.05, 0) is 36.0 Å². The van der Waals surface area contributed by atoms with E-state index in [9.17, 15) is 18.0 Å². The van der Waals surface area contributed by atoms with Crippen LogP contribution < -0.4 is 4.90 Å². The van der Waals surface area contributed by atoms with Gasteiger partial charge in [-0.2, -0.15) is 13.2 Å². The summed E-state index contributed by atoms with van der Waals surface area (Å²) in [4.78, 5) is 13.4. The minimum Gasteiger partial charge on any atom is -0.311 e. The van der Waals surface area contributed by atoms with Crippen molar-refractivity contribution in [3.63, 3.8) is 0 Å². The average Bonchev–Trinajstić information content (AvgIpc) is 2.57. The third-order valence-corrected chi connectivity index (χ3v) is 3.81. The molecule has 98 valence electrons. The zero-order valence-corrected chi connectivity index (χ0v) is 11.5. The highest BCUT2D eigenvalue weighted by Crippen LogP contribution is 2.37. The van der Waals surface area contributed by atoms with Crippen LogP contribution in [0.15, 0.2) is 29.2 Å². The number of carbonyl (C=O) groups excluding carboxylic acids is 1.